The van der Waals surface area contributed by atoms with Crippen LogP contribution in [0.5, 0.6) is 0 Å². The summed E-state index contributed by atoms with van der Waals surface area (Å²) in [5.74, 6) is 0.648. The second kappa shape index (κ2) is 8.15. The molecule has 0 spiro atoms. The predicted octanol–water partition coefficient (Wildman–Crippen LogP) is 1.40. The van der Waals surface area contributed by atoms with Gasteiger partial charge in [0.05, 0.1) is 11.7 Å². The molecule has 2 aromatic rings. The van der Waals surface area contributed by atoms with Crippen LogP contribution in [0.1, 0.15) is 25.7 Å². The number of carbonyl (C=O) groups is 1. The minimum atomic E-state index is -3.62. The third-order valence-electron chi connectivity index (χ3n) is 3.53. The molecular weight excluding hydrogens is 358 g/mol. The van der Waals surface area contributed by atoms with E-state index in [1.807, 2.05) is 6.92 Å². The summed E-state index contributed by atoms with van der Waals surface area (Å²) in [6.07, 6.45) is 1.44. The standard InChI is InChI=1S/C15H23N7O3S/c1-5-22-14(16-10-17-22)11(2)18-15(23)19-12-7-6-8-13(9-12)20-26(24,25)21(3)4/h6-11,20H,5H2,1-4H3,(H2,18,19,23)/t11-/m0/s1. The highest BCUT2D eigenvalue weighted by atomic mass is 32.2. The van der Waals surface area contributed by atoms with Crippen LogP contribution in [0.25, 0.3) is 0 Å². The maximum Gasteiger partial charge on any atom is 0.319 e. The number of hydrogen-bond acceptors (Lipinski definition) is 5. The van der Waals surface area contributed by atoms with Crippen molar-refractivity contribution in [3.63, 3.8) is 0 Å². The van der Waals surface area contributed by atoms with Gasteiger partial charge in [-0.2, -0.15) is 17.8 Å². The summed E-state index contributed by atoms with van der Waals surface area (Å²) in [6.45, 7) is 4.39. The minimum absolute atomic E-state index is 0.340. The van der Waals surface area contributed by atoms with E-state index in [0.717, 1.165) is 4.31 Å². The molecule has 1 heterocycles. The van der Waals surface area contributed by atoms with Gasteiger partial charge in [-0.1, -0.05) is 6.07 Å². The summed E-state index contributed by atoms with van der Waals surface area (Å²) in [7, 11) is -0.766. The zero-order valence-corrected chi connectivity index (χ0v) is 15.9. The number of nitrogens with one attached hydrogen (secondary N) is 3. The summed E-state index contributed by atoms with van der Waals surface area (Å²) in [6, 6.07) is 5.65. The highest BCUT2D eigenvalue weighted by Gasteiger charge is 2.16. The van der Waals surface area contributed by atoms with Crippen LogP contribution in [0.2, 0.25) is 0 Å². The molecule has 0 saturated heterocycles. The maximum atomic E-state index is 12.2. The van der Waals surface area contributed by atoms with E-state index in [2.05, 4.69) is 25.4 Å². The van der Waals surface area contributed by atoms with Crippen molar-refractivity contribution in [3.8, 4) is 0 Å². The number of urea groups is 1. The van der Waals surface area contributed by atoms with E-state index in [1.54, 1.807) is 29.8 Å². The van der Waals surface area contributed by atoms with Crippen molar-refractivity contribution in [1.82, 2.24) is 24.4 Å². The summed E-state index contributed by atoms with van der Waals surface area (Å²) in [5.41, 5.74) is 0.792. The van der Waals surface area contributed by atoms with E-state index in [4.69, 9.17) is 0 Å². The van der Waals surface area contributed by atoms with Gasteiger partial charge >= 0.3 is 16.2 Å². The third kappa shape index (κ3) is 4.92. The molecule has 0 saturated carbocycles. The molecule has 26 heavy (non-hydrogen) atoms. The second-order valence-corrected chi connectivity index (χ2v) is 7.61. The Bertz CT molecular complexity index is 864. The van der Waals surface area contributed by atoms with Gasteiger partial charge < -0.3 is 10.6 Å². The SMILES string of the molecule is CCn1ncnc1[C@H](C)NC(=O)Nc1cccc(NS(=O)(=O)N(C)C)c1. The van der Waals surface area contributed by atoms with E-state index in [1.165, 1.54) is 26.5 Å². The third-order valence-corrected chi connectivity index (χ3v) is 4.98. The molecular formula is C15H23N7O3S. The lowest BCUT2D eigenvalue weighted by molar-refractivity contribution is 0.248. The molecule has 142 valence electrons. The molecule has 2 rings (SSSR count). The monoisotopic (exact) mass is 381 g/mol. The smallest absolute Gasteiger partial charge is 0.319 e. The van der Waals surface area contributed by atoms with Gasteiger partial charge in [0.15, 0.2) is 0 Å². The van der Waals surface area contributed by atoms with Crippen molar-refractivity contribution in [1.29, 1.82) is 0 Å². The largest absolute Gasteiger partial charge is 0.328 e. The molecule has 0 aliphatic heterocycles. The molecule has 1 aromatic heterocycles. The van der Waals surface area contributed by atoms with Crippen molar-refractivity contribution < 1.29 is 13.2 Å². The number of aromatic nitrogens is 3. The van der Waals surface area contributed by atoms with Crippen LogP contribution in [0.15, 0.2) is 30.6 Å². The predicted molar refractivity (Wildman–Crippen MR) is 98.9 cm³/mol. The Kier molecular flexibility index (Phi) is 6.16. The van der Waals surface area contributed by atoms with Crippen LogP contribution in [-0.2, 0) is 16.8 Å². The van der Waals surface area contributed by atoms with Crippen molar-refractivity contribution in [3.05, 3.63) is 36.4 Å². The average Bonchev–Trinajstić information content (AvgIpc) is 3.03. The fourth-order valence-electron chi connectivity index (χ4n) is 2.18. The van der Waals surface area contributed by atoms with E-state index in [-0.39, 0.29) is 6.04 Å². The van der Waals surface area contributed by atoms with Crippen LogP contribution < -0.4 is 15.4 Å². The number of nitrogens with zero attached hydrogens (tertiary/aromatic N) is 4. The van der Waals surface area contributed by atoms with Crippen LogP contribution in [0.3, 0.4) is 0 Å². The fraction of sp³-hybridized carbons (Fsp3) is 0.400. The average molecular weight is 381 g/mol. The summed E-state index contributed by atoms with van der Waals surface area (Å²) in [5, 5.41) is 9.51. The topological polar surface area (TPSA) is 121 Å². The first kappa shape index (κ1) is 19.7. The molecule has 3 N–H and O–H groups in total. The van der Waals surface area contributed by atoms with Crippen molar-refractivity contribution in [2.45, 2.75) is 26.4 Å². The van der Waals surface area contributed by atoms with Gasteiger partial charge in [-0.25, -0.2) is 14.5 Å². The highest BCUT2D eigenvalue weighted by molar-refractivity contribution is 7.90. The van der Waals surface area contributed by atoms with E-state index in [0.29, 0.717) is 23.7 Å². The molecule has 2 amide bonds. The summed E-state index contributed by atoms with van der Waals surface area (Å²) < 4.78 is 28.9. The molecule has 1 aromatic carbocycles. The van der Waals surface area contributed by atoms with Crippen molar-refractivity contribution in [2.75, 3.05) is 24.1 Å². The Morgan fingerprint density at radius 1 is 1.31 bits per heavy atom. The van der Waals surface area contributed by atoms with Crippen LogP contribution >= 0.6 is 0 Å². The Balaban J connectivity index is 2.02. The first-order valence-electron chi connectivity index (χ1n) is 7.98. The van der Waals surface area contributed by atoms with Crippen molar-refractivity contribution >= 4 is 27.6 Å². The van der Waals surface area contributed by atoms with Crippen LogP contribution in [0.4, 0.5) is 16.2 Å². The number of anilines is 2. The molecule has 11 heteroatoms. The number of carbonyl (C=O) groups excluding carboxylic acids is 1. The van der Waals surface area contributed by atoms with Crippen molar-refractivity contribution in [2.24, 2.45) is 0 Å². The molecule has 0 bridgehead atoms. The van der Waals surface area contributed by atoms with E-state index in [9.17, 15) is 13.2 Å². The molecule has 1 atom stereocenters. The van der Waals surface area contributed by atoms with Gasteiger partial charge in [0.1, 0.15) is 12.2 Å². The molecule has 0 aliphatic carbocycles. The molecule has 0 fully saturated rings. The number of benzene rings is 1. The zero-order valence-electron chi connectivity index (χ0n) is 15.1. The van der Waals surface area contributed by atoms with Gasteiger partial charge in [-0.15, -0.1) is 0 Å². The quantitative estimate of drug-likeness (QED) is 0.669. The van der Waals surface area contributed by atoms with Gasteiger partial charge in [-0.05, 0) is 32.0 Å². The Labute approximate surface area is 152 Å². The normalized spacial score (nSPS) is 12.7. The number of rotatable bonds is 7. The maximum absolute atomic E-state index is 12.2. The van der Waals surface area contributed by atoms with Gasteiger partial charge in [0.2, 0.25) is 0 Å². The molecule has 0 aliphatic rings. The summed E-state index contributed by atoms with van der Waals surface area (Å²) >= 11 is 0. The fourth-order valence-corrected chi connectivity index (χ4v) is 2.79. The zero-order chi connectivity index (χ0) is 19.3. The first-order valence-corrected chi connectivity index (χ1v) is 9.42. The number of amides is 2. The molecule has 0 radical (unpaired) electrons. The van der Waals surface area contributed by atoms with E-state index < -0.39 is 16.2 Å². The van der Waals surface area contributed by atoms with Crippen LogP contribution in [0, 0.1) is 0 Å². The Morgan fingerprint density at radius 2 is 2.00 bits per heavy atom. The van der Waals surface area contributed by atoms with Gasteiger partial charge in [0, 0.05) is 26.3 Å². The lowest BCUT2D eigenvalue weighted by Crippen LogP contribution is -2.32. The number of aryl methyl sites for hydroxylation is 1. The molecule has 10 nitrogen and oxygen atoms in total. The van der Waals surface area contributed by atoms with E-state index >= 15 is 0 Å². The van der Waals surface area contributed by atoms with Gasteiger partial charge in [-0.3, -0.25) is 4.72 Å². The lowest BCUT2D eigenvalue weighted by Gasteiger charge is -2.16. The Hall–Kier alpha value is -2.66. The highest BCUT2D eigenvalue weighted by Crippen LogP contribution is 2.17. The van der Waals surface area contributed by atoms with Crippen LogP contribution in [-0.4, -0.2) is 47.6 Å². The number of hydrogen-bond donors (Lipinski definition) is 3. The lowest BCUT2D eigenvalue weighted by atomic mass is 10.3. The first-order chi connectivity index (χ1) is 12.2. The van der Waals surface area contributed by atoms with Gasteiger partial charge in [0.25, 0.3) is 0 Å². The summed E-state index contributed by atoms with van der Waals surface area (Å²) in [4.78, 5) is 16.3. The Morgan fingerprint density at radius 3 is 2.65 bits per heavy atom. The minimum Gasteiger partial charge on any atom is -0.328 e. The second-order valence-electron chi connectivity index (χ2n) is 5.72. The molecule has 0 unspecified atom stereocenters.